The Morgan fingerprint density at radius 1 is 1.45 bits per heavy atom. The molecule has 0 amide bonds. The zero-order valence-corrected chi connectivity index (χ0v) is 6.23. The minimum absolute atomic E-state index is 0.245. The minimum atomic E-state index is 0.245. The van der Waals surface area contributed by atoms with Crippen molar-refractivity contribution in [2.45, 2.75) is 25.3 Å². The summed E-state index contributed by atoms with van der Waals surface area (Å²) in [5.41, 5.74) is 0.879. The lowest BCUT2D eigenvalue weighted by atomic mass is 10.0. The second-order valence-electron chi connectivity index (χ2n) is 2.75. The van der Waals surface area contributed by atoms with Gasteiger partial charge in [-0.2, -0.15) is 0 Å². The summed E-state index contributed by atoms with van der Waals surface area (Å²) in [5, 5.41) is 11.7. The molecule has 0 aromatic carbocycles. The quantitative estimate of drug-likeness (QED) is 0.600. The van der Waals surface area contributed by atoms with Gasteiger partial charge in [0.15, 0.2) is 0 Å². The van der Waals surface area contributed by atoms with Crippen LogP contribution in [0.2, 0.25) is 0 Å². The van der Waals surface area contributed by atoms with E-state index in [2.05, 4.69) is 20.2 Å². The fraction of sp³-hybridized carbons (Fsp3) is 0.714. The molecule has 11 heavy (non-hydrogen) atoms. The van der Waals surface area contributed by atoms with Gasteiger partial charge in [-0.3, -0.25) is 0 Å². The second kappa shape index (κ2) is 3.00. The molecule has 1 aromatic rings. The second-order valence-corrected chi connectivity index (χ2v) is 2.75. The fourth-order valence-electron chi connectivity index (χ4n) is 1.35. The zero-order valence-electron chi connectivity index (χ0n) is 6.23. The van der Waals surface area contributed by atoms with E-state index in [4.69, 9.17) is 0 Å². The maximum Gasteiger partial charge on any atom is 0.149 e. The lowest BCUT2D eigenvalue weighted by molar-refractivity contribution is 0.391. The number of hydrogen-bond acceptors (Lipinski definition) is 3. The first-order valence-corrected chi connectivity index (χ1v) is 3.90. The maximum atomic E-state index is 4.65. The minimum Gasteiger partial charge on any atom is -0.345 e. The lowest BCUT2D eigenvalue weighted by Gasteiger charge is -2.18. The molecule has 4 heteroatoms. The van der Waals surface area contributed by atoms with Crippen molar-refractivity contribution in [1.29, 1.82) is 0 Å². The van der Waals surface area contributed by atoms with Gasteiger partial charge in [0.1, 0.15) is 12.0 Å². The normalized spacial score (nSPS) is 25.3. The Morgan fingerprint density at radius 3 is 3.09 bits per heavy atom. The summed E-state index contributed by atoms with van der Waals surface area (Å²) >= 11 is 0. The highest BCUT2D eigenvalue weighted by Gasteiger charge is 2.18. The predicted octanol–water partition coefficient (Wildman–Crippen LogP) is 0.899. The van der Waals surface area contributed by atoms with E-state index in [1.165, 1.54) is 12.8 Å². The zero-order chi connectivity index (χ0) is 7.52. The molecule has 0 spiro atoms. The van der Waals surface area contributed by atoms with Gasteiger partial charge in [-0.25, -0.2) is 5.32 Å². The average molecular weight is 152 g/mol. The number of hydrogen-bond donors (Lipinski definition) is 0. The van der Waals surface area contributed by atoms with Crippen molar-refractivity contribution in [1.82, 2.24) is 15.7 Å². The molecule has 2 heterocycles. The maximum absolute atomic E-state index is 4.65. The van der Waals surface area contributed by atoms with Gasteiger partial charge in [0.05, 0.1) is 6.04 Å². The molecule has 1 saturated heterocycles. The molecule has 4 nitrogen and oxygen atoms in total. The molecule has 1 radical (unpaired) electrons. The van der Waals surface area contributed by atoms with Crippen molar-refractivity contribution < 1.29 is 4.52 Å². The summed E-state index contributed by atoms with van der Waals surface area (Å²) in [6, 6.07) is 0.245. The van der Waals surface area contributed by atoms with E-state index in [-0.39, 0.29) is 6.04 Å². The molecular weight excluding hydrogens is 142 g/mol. The highest BCUT2D eigenvalue weighted by atomic mass is 16.5. The van der Waals surface area contributed by atoms with E-state index in [0.717, 1.165) is 18.7 Å². The molecule has 1 atom stereocenters. The average Bonchev–Trinajstić information content (AvgIpc) is 2.58. The lowest BCUT2D eigenvalue weighted by Crippen LogP contribution is -2.20. The summed E-state index contributed by atoms with van der Waals surface area (Å²) in [7, 11) is 0. The Balaban J connectivity index is 2.04. The highest BCUT2D eigenvalue weighted by molar-refractivity contribution is 4.98. The third kappa shape index (κ3) is 1.40. The molecule has 2 rings (SSSR count). The Morgan fingerprint density at radius 2 is 2.45 bits per heavy atom. The number of aromatic nitrogens is 2. The molecule has 1 aromatic heterocycles. The van der Waals surface area contributed by atoms with Crippen molar-refractivity contribution in [3.63, 3.8) is 0 Å². The molecule has 59 valence electrons. The largest absolute Gasteiger partial charge is 0.345 e. The van der Waals surface area contributed by atoms with E-state index in [9.17, 15) is 0 Å². The van der Waals surface area contributed by atoms with Gasteiger partial charge in [-0.1, -0.05) is 6.42 Å². The van der Waals surface area contributed by atoms with Gasteiger partial charge in [0.2, 0.25) is 0 Å². The molecule has 0 saturated carbocycles. The van der Waals surface area contributed by atoms with Crippen molar-refractivity contribution in [3.8, 4) is 0 Å². The predicted molar refractivity (Wildman–Crippen MR) is 37.9 cm³/mol. The van der Waals surface area contributed by atoms with E-state index in [1.807, 2.05) is 0 Å². The van der Waals surface area contributed by atoms with E-state index < -0.39 is 0 Å². The Bertz CT molecular complexity index is 203. The van der Waals surface area contributed by atoms with Crippen LogP contribution in [-0.2, 0) is 0 Å². The Labute approximate surface area is 65.0 Å². The molecule has 0 bridgehead atoms. The highest BCUT2D eigenvalue weighted by Crippen LogP contribution is 2.21. The molecule has 0 N–H and O–H groups in total. The number of nitrogens with zero attached hydrogens (tertiary/aromatic N) is 3. The molecule has 0 aliphatic carbocycles. The van der Waals surface area contributed by atoms with Crippen molar-refractivity contribution in [2.75, 3.05) is 6.54 Å². The van der Waals surface area contributed by atoms with Crippen LogP contribution in [0.3, 0.4) is 0 Å². The van der Waals surface area contributed by atoms with Gasteiger partial charge in [-0.05, 0) is 12.8 Å². The van der Waals surface area contributed by atoms with Crippen LogP contribution in [0.25, 0.3) is 0 Å². The Kier molecular flexibility index (Phi) is 1.85. The number of rotatable bonds is 1. The molecule has 1 aliphatic heterocycles. The van der Waals surface area contributed by atoms with Crippen molar-refractivity contribution in [2.24, 2.45) is 0 Å². The summed E-state index contributed by atoms with van der Waals surface area (Å²) < 4.78 is 4.65. The number of piperidine rings is 1. The topological polar surface area (TPSA) is 53.0 Å². The summed E-state index contributed by atoms with van der Waals surface area (Å²) in [5.74, 6) is 0. The molecule has 1 fully saturated rings. The van der Waals surface area contributed by atoms with Crippen molar-refractivity contribution >= 4 is 0 Å². The molecule has 1 aliphatic rings. The van der Waals surface area contributed by atoms with E-state index in [1.54, 1.807) is 6.26 Å². The van der Waals surface area contributed by atoms with Gasteiger partial charge in [0.25, 0.3) is 0 Å². The third-order valence-electron chi connectivity index (χ3n) is 1.95. The SMILES string of the molecule is c1onnc1C1CCCC[N]1. The fourth-order valence-corrected chi connectivity index (χ4v) is 1.35. The van der Waals surface area contributed by atoms with Gasteiger partial charge >= 0.3 is 0 Å². The van der Waals surface area contributed by atoms with Crippen LogP contribution in [-0.4, -0.2) is 16.9 Å². The first-order chi connectivity index (χ1) is 5.47. The smallest absolute Gasteiger partial charge is 0.149 e. The third-order valence-corrected chi connectivity index (χ3v) is 1.95. The Hall–Kier alpha value is -0.900. The van der Waals surface area contributed by atoms with Crippen LogP contribution in [0.4, 0.5) is 0 Å². The first-order valence-electron chi connectivity index (χ1n) is 3.90. The van der Waals surface area contributed by atoms with Crippen LogP contribution in [0.1, 0.15) is 31.0 Å². The summed E-state index contributed by atoms with van der Waals surface area (Å²) in [6.07, 6.45) is 5.12. The van der Waals surface area contributed by atoms with Gasteiger partial charge < -0.3 is 4.52 Å². The van der Waals surface area contributed by atoms with Gasteiger partial charge in [0, 0.05) is 11.8 Å². The van der Waals surface area contributed by atoms with Crippen LogP contribution in [0, 0.1) is 0 Å². The monoisotopic (exact) mass is 152 g/mol. The standard InChI is InChI=1S/C7H10N3O/c1-2-4-8-6(3-1)7-5-11-10-9-7/h5-6H,1-4H2. The molecule has 1 unspecified atom stereocenters. The van der Waals surface area contributed by atoms with Crippen LogP contribution >= 0.6 is 0 Å². The van der Waals surface area contributed by atoms with Crippen LogP contribution < -0.4 is 5.32 Å². The summed E-state index contributed by atoms with van der Waals surface area (Å²) in [4.78, 5) is 0. The van der Waals surface area contributed by atoms with Crippen LogP contribution in [0.15, 0.2) is 10.8 Å². The van der Waals surface area contributed by atoms with Gasteiger partial charge in [-0.15, -0.1) is 5.10 Å². The molecular formula is C7H10N3O. The van der Waals surface area contributed by atoms with E-state index >= 15 is 0 Å². The van der Waals surface area contributed by atoms with Crippen molar-refractivity contribution in [3.05, 3.63) is 12.0 Å². The van der Waals surface area contributed by atoms with E-state index in [0.29, 0.717) is 0 Å². The van der Waals surface area contributed by atoms with Crippen LogP contribution in [0.5, 0.6) is 0 Å². The first kappa shape index (κ1) is 6.79. The summed E-state index contributed by atoms with van der Waals surface area (Å²) in [6.45, 7) is 0.956.